The third kappa shape index (κ3) is 2.15. The number of hydrogen-bond donors (Lipinski definition) is 1. The highest BCUT2D eigenvalue weighted by molar-refractivity contribution is 5.96. The summed E-state index contributed by atoms with van der Waals surface area (Å²) in [4.78, 5) is 14.1. The molecular formula is C15H18N4O. The Hall–Kier alpha value is -2.30. The molecule has 2 N–H and O–H groups in total. The minimum atomic E-state index is 0.154. The Morgan fingerprint density at radius 2 is 2.10 bits per heavy atom. The fraction of sp³-hybridized carbons (Fsp3) is 0.333. The number of nitrogens with two attached hydrogens (primary N) is 1. The Labute approximate surface area is 118 Å². The predicted molar refractivity (Wildman–Crippen MR) is 78.3 cm³/mol. The lowest BCUT2D eigenvalue weighted by Crippen LogP contribution is -2.35. The van der Waals surface area contributed by atoms with Crippen molar-refractivity contribution in [1.29, 1.82) is 0 Å². The lowest BCUT2D eigenvalue weighted by atomic mass is 10.0. The van der Waals surface area contributed by atoms with Crippen LogP contribution < -0.4 is 10.6 Å². The summed E-state index contributed by atoms with van der Waals surface area (Å²) in [6.07, 6.45) is 1.30. The number of carbonyl (C=O) groups is 1. The Bertz CT molecular complexity index is 675. The number of benzene rings is 1. The van der Waals surface area contributed by atoms with Crippen molar-refractivity contribution in [3.05, 3.63) is 41.2 Å². The summed E-state index contributed by atoms with van der Waals surface area (Å²) >= 11 is 0. The second kappa shape index (κ2) is 4.67. The minimum Gasteiger partial charge on any atom is -0.399 e. The Kier molecular flexibility index (Phi) is 2.97. The van der Waals surface area contributed by atoms with Gasteiger partial charge in [0.2, 0.25) is 5.91 Å². The number of amides is 1. The van der Waals surface area contributed by atoms with Gasteiger partial charge in [-0.05, 0) is 43.2 Å². The van der Waals surface area contributed by atoms with Crippen LogP contribution in [-0.4, -0.2) is 15.7 Å². The van der Waals surface area contributed by atoms with E-state index in [1.165, 1.54) is 0 Å². The number of nitrogen functional groups attached to an aromatic ring is 1. The molecule has 20 heavy (non-hydrogen) atoms. The van der Waals surface area contributed by atoms with Crippen LogP contribution in [0.3, 0.4) is 0 Å². The third-order valence-corrected chi connectivity index (χ3v) is 3.72. The maximum absolute atomic E-state index is 12.2. The second-order valence-electron chi connectivity index (χ2n) is 5.27. The van der Waals surface area contributed by atoms with E-state index < -0.39 is 0 Å². The van der Waals surface area contributed by atoms with E-state index in [0.29, 0.717) is 13.0 Å². The predicted octanol–water partition coefficient (Wildman–Crippen LogP) is 1.79. The molecule has 1 amide bonds. The summed E-state index contributed by atoms with van der Waals surface area (Å²) in [5.74, 6) is 0.154. The molecule has 1 aromatic carbocycles. The molecule has 5 nitrogen and oxygen atoms in total. The van der Waals surface area contributed by atoms with Crippen molar-refractivity contribution >= 4 is 17.3 Å². The fourth-order valence-electron chi connectivity index (χ4n) is 2.73. The molecule has 0 aliphatic carbocycles. The number of nitrogens with zero attached hydrogens (tertiary/aromatic N) is 3. The van der Waals surface area contributed by atoms with Crippen LogP contribution in [-0.2, 0) is 24.8 Å². The van der Waals surface area contributed by atoms with Crippen LogP contribution in [0.2, 0.25) is 0 Å². The second-order valence-corrected chi connectivity index (χ2v) is 5.27. The van der Waals surface area contributed by atoms with Crippen molar-refractivity contribution < 1.29 is 4.79 Å². The number of carbonyl (C=O) groups excluding carboxylic acids is 1. The molecule has 1 aromatic heterocycles. The van der Waals surface area contributed by atoms with Gasteiger partial charge in [0, 0.05) is 24.8 Å². The zero-order valence-corrected chi connectivity index (χ0v) is 11.8. The Balaban J connectivity index is 1.97. The van der Waals surface area contributed by atoms with E-state index in [1.807, 2.05) is 47.8 Å². The Morgan fingerprint density at radius 1 is 1.30 bits per heavy atom. The van der Waals surface area contributed by atoms with Gasteiger partial charge in [0.1, 0.15) is 0 Å². The van der Waals surface area contributed by atoms with Crippen LogP contribution in [0.1, 0.15) is 23.4 Å². The average Bonchev–Trinajstić information content (AvgIpc) is 2.71. The van der Waals surface area contributed by atoms with Crippen molar-refractivity contribution in [2.75, 3.05) is 10.6 Å². The Morgan fingerprint density at radius 3 is 2.80 bits per heavy atom. The van der Waals surface area contributed by atoms with E-state index >= 15 is 0 Å². The quantitative estimate of drug-likeness (QED) is 0.846. The molecule has 5 heteroatoms. The van der Waals surface area contributed by atoms with Gasteiger partial charge in [-0.15, -0.1) is 0 Å². The molecule has 3 rings (SSSR count). The molecule has 0 saturated heterocycles. The third-order valence-electron chi connectivity index (χ3n) is 3.72. The standard InChI is InChI=1S/C15H18N4O/c1-10-7-13(18(2)17-10)9-19-14-5-4-12(16)8-11(14)3-6-15(19)20/h4-5,7-8H,3,6,9,16H2,1-2H3. The van der Waals surface area contributed by atoms with Crippen LogP contribution in [0.5, 0.6) is 0 Å². The van der Waals surface area contributed by atoms with E-state index in [2.05, 4.69) is 5.10 Å². The number of fused-ring (bicyclic) bond motifs is 1. The van der Waals surface area contributed by atoms with Crippen LogP contribution in [0.15, 0.2) is 24.3 Å². The SMILES string of the molecule is Cc1cc(CN2C(=O)CCc3cc(N)ccc32)n(C)n1. The summed E-state index contributed by atoms with van der Waals surface area (Å²) in [5, 5.41) is 4.33. The molecule has 0 saturated carbocycles. The van der Waals surface area contributed by atoms with Crippen molar-refractivity contribution in [3.63, 3.8) is 0 Å². The molecular weight excluding hydrogens is 252 g/mol. The number of anilines is 2. The lowest BCUT2D eigenvalue weighted by molar-refractivity contribution is -0.119. The zero-order valence-electron chi connectivity index (χ0n) is 11.8. The van der Waals surface area contributed by atoms with E-state index in [1.54, 1.807) is 0 Å². The topological polar surface area (TPSA) is 64.2 Å². The van der Waals surface area contributed by atoms with Gasteiger partial charge in [0.05, 0.1) is 17.9 Å². The summed E-state index contributed by atoms with van der Waals surface area (Å²) in [6, 6.07) is 7.76. The van der Waals surface area contributed by atoms with Crippen LogP contribution >= 0.6 is 0 Å². The van der Waals surface area contributed by atoms with Crippen molar-refractivity contribution in [2.24, 2.45) is 7.05 Å². The van der Waals surface area contributed by atoms with Gasteiger partial charge in [-0.25, -0.2) is 0 Å². The molecule has 2 aromatic rings. The molecule has 0 spiro atoms. The highest BCUT2D eigenvalue weighted by atomic mass is 16.2. The molecule has 0 unspecified atom stereocenters. The molecule has 1 aliphatic heterocycles. The molecule has 1 aliphatic rings. The molecule has 2 heterocycles. The van der Waals surface area contributed by atoms with Gasteiger partial charge in [-0.1, -0.05) is 0 Å². The van der Waals surface area contributed by atoms with E-state index in [9.17, 15) is 4.79 Å². The van der Waals surface area contributed by atoms with Gasteiger partial charge in [-0.2, -0.15) is 5.10 Å². The highest BCUT2D eigenvalue weighted by Crippen LogP contribution is 2.30. The van der Waals surface area contributed by atoms with Gasteiger partial charge >= 0.3 is 0 Å². The van der Waals surface area contributed by atoms with Crippen LogP contribution in [0.25, 0.3) is 0 Å². The van der Waals surface area contributed by atoms with Gasteiger partial charge in [-0.3, -0.25) is 9.48 Å². The minimum absolute atomic E-state index is 0.154. The average molecular weight is 270 g/mol. The number of rotatable bonds is 2. The monoisotopic (exact) mass is 270 g/mol. The fourth-order valence-corrected chi connectivity index (χ4v) is 2.73. The maximum atomic E-state index is 12.2. The summed E-state index contributed by atoms with van der Waals surface area (Å²) in [7, 11) is 1.90. The number of hydrogen-bond acceptors (Lipinski definition) is 3. The lowest BCUT2D eigenvalue weighted by Gasteiger charge is -2.29. The van der Waals surface area contributed by atoms with Crippen LogP contribution in [0, 0.1) is 6.92 Å². The van der Waals surface area contributed by atoms with E-state index in [4.69, 9.17) is 5.73 Å². The number of aromatic nitrogens is 2. The first-order valence-electron chi connectivity index (χ1n) is 6.73. The normalized spacial score (nSPS) is 14.5. The van der Waals surface area contributed by atoms with Crippen molar-refractivity contribution in [1.82, 2.24) is 9.78 Å². The molecule has 0 atom stereocenters. The van der Waals surface area contributed by atoms with Crippen molar-refractivity contribution in [2.45, 2.75) is 26.3 Å². The maximum Gasteiger partial charge on any atom is 0.227 e. The van der Waals surface area contributed by atoms with Gasteiger partial charge in [0.15, 0.2) is 0 Å². The summed E-state index contributed by atoms with van der Waals surface area (Å²) in [5.41, 5.74) is 10.7. The summed E-state index contributed by atoms with van der Waals surface area (Å²) < 4.78 is 1.83. The molecule has 0 bridgehead atoms. The first-order chi connectivity index (χ1) is 9.54. The summed E-state index contributed by atoms with van der Waals surface area (Å²) in [6.45, 7) is 2.50. The van der Waals surface area contributed by atoms with Crippen molar-refractivity contribution in [3.8, 4) is 0 Å². The van der Waals surface area contributed by atoms with E-state index in [-0.39, 0.29) is 5.91 Å². The zero-order chi connectivity index (χ0) is 14.3. The smallest absolute Gasteiger partial charge is 0.227 e. The largest absolute Gasteiger partial charge is 0.399 e. The molecule has 0 radical (unpaired) electrons. The first kappa shape index (κ1) is 12.7. The molecule has 104 valence electrons. The first-order valence-corrected chi connectivity index (χ1v) is 6.73. The van der Waals surface area contributed by atoms with Gasteiger partial charge < -0.3 is 10.6 Å². The number of aryl methyl sites for hydroxylation is 3. The highest BCUT2D eigenvalue weighted by Gasteiger charge is 2.25. The molecule has 0 fully saturated rings. The van der Waals surface area contributed by atoms with Gasteiger partial charge in [0.25, 0.3) is 0 Å². The van der Waals surface area contributed by atoms with E-state index in [0.717, 1.165) is 34.7 Å². The van der Waals surface area contributed by atoms with Crippen LogP contribution in [0.4, 0.5) is 11.4 Å².